The summed E-state index contributed by atoms with van der Waals surface area (Å²) in [7, 11) is 0. The van der Waals surface area contributed by atoms with Crippen molar-refractivity contribution in [3.63, 3.8) is 0 Å². The van der Waals surface area contributed by atoms with Crippen LogP contribution in [0.3, 0.4) is 0 Å². The van der Waals surface area contributed by atoms with Gasteiger partial charge in [-0.2, -0.15) is 0 Å². The highest BCUT2D eigenvalue weighted by Crippen LogP contribution is 2.24. The van der Waals surface area contributed by atoms with E-state index in [1.165, 1.54) is 0 Å². The zero-order valence-electron chi connectivity index (χ0n) is 14.5. The normalized spacial score (nSPS) is 14.4. The SMILES string of the molecule is c1cnc2c(OCCOc3nccnc3N3CCNCC3)cccc2c1. The maximum Gasteiger partial charge on any atom is 0.257 e. The molecule has 1 saturated heterocycles. The lowest BCUT2D eigenvalue weighted by molar-refractivity contribution is 0.213. The minimum Gasteiger partial charge on any atom is -0.488 e. The molecule has 1 aliphatic rings. The fourth-order valence-corrected chi connectivity index (χ4v) is 3.00. The van der Waals surface area contributed by atoms with Gasteiger partial charge in [-0.1, -0.05) is 18.2 Å². The van der Waals surface area contributed by atoms with Crippen LogP contribution in [0, 0.1) is 0 Å². The molecule has 4 rings (SSSR count). The minimum atomic E-state index is 0.390. The highest BCUT2D eigenvalue weighted by Gasteiger charge is 2.17. The van der Waals surface area contributed by atoms with E-state index in [-0.39, 0.29) is 0 Å². The van der Waals surface area contributed by atoms with Gasteiger partial charge in [0.2, 0.25) is 0 Å². The van der Waals surface area contributed by atoms with Gasteiger partial charge in [0.15, 0.2) is 5.82 Å². The van der Waals surface area contributed by atoms with E-state index >= 15 is 0 Å². The Kier molecular flexibility index (Phi) is 5.07. The highest BCUT2D eigenvalue weighted by atomic mass is 16.5. The van der Waals surface area contributed by atoms with Crippen LogP contribution in [-0.2, 0) is 0 Å². The van der Waals surface area contributed by atoms with E-state index < -0.39 is 0 Å². The number of aromatic nitrogens is 3. The van der Waals surface area contributed by atoms with Gasteiger partial charge in [-0.3, -0.25) is 4.98 Å². The van der Waals surface area contributed by atoms with Gasteiger partial charge in [-0.15, -0.1) is 0 Å². The maximum absolute atomic E-state index is 5.87. The van der Waals surface area contributed by atoms with Gasteiger partial charge >= 0.3 is 0 Å². The fourth-order valence-electron chi connectivity index (χ4n) is 3.00. The van der Waals surface area contributed by atoms with E-state index in [0.717, 1.165) is 48.6 Å². The summed E-state index contributed by atoms with van der Waals surface area (Å²) in [6.07, 6.45) is 5.12. The van der Waals surface area contributed by atoms with Gasteiger partial charge in [-0.25, -0.2) is 9.97 Å². The van der Waals surface area contributed by atoms with E-state index in [0.29, 0.717) is 19.1 Å². The molecular formula is C19H21N5O2. The topological polar surface area (TPSA) is 72.4 Å². The summed E-state index contributed by atoms with van der Waals surface area (Å²) in [5, 5.41) is 4.39. The molecule has 0 saturated carbocycles. The Hall–Kier alpha value is -2.93. The lowest BCUT2D eigenvalue weighted by Crippen LogP contribution is -2.44. The molecule has 0 spiro atoms. The van der Waals surface area contributed by atoms with E-state index in [9.17, 15) is 0 Å². The lowest BCUT2D eigenvalue weighted by atomic mass is 10.2. The van der Waals surface area contributed by atoms with Crippen molar-refractivity contribution in [2.24, 2.45) is 0 Å². The van der Waals surface area contributed by atoms with Crippen molar-refractivity contribution in [1.29, 1.82) is 0 Å². The smallest absolute Gasteiger partial charge is 0.257 e. The number of pyridine rings is 1. The third kappa shape index (κ3) is 3.67. The van der Waals surface area contributed by atoms with Crippen LogP contribution in [0.15, 0.2) is 48.9 Å². The molecule has 0 radical (unpaired) electrons. The summed E-state index contributed by atoms with van der Waals surface area (Å²) in [4.78, 5) is 15.4. The molecule has 0 atom stereocenters. The summed E-state index contributed by atoms with van der Waals surface area (Å²) in [5.41, 5.74) is 0.857. The van der Waals surface area contributed by atoms with Crippen molar-refractivity contribution in [2.75, 3.05) is 44.3 Å². The molecule has 3 heterocycles. The van der Waals surface area contributed by atoms with E-state index in [4.69, 9.17) is 9.47 Å². The second-order valence-corrected chi connectivity index (χ2v) is 5.95. The number of piperazine rings is 1. The molecule has 7 heteroatoms. The second kappa shape index (κ2) is 7.97. The number of ether oxygens (including phenoxy) is 2. The number of nitrogens with one attached hydrogen (secondary N) is 1. The average Bonchev–Trinajstić information content (AvgIpc) is 2.72. The molecule has 0 amide bonds. The first-order chi connectivity index (χ1) is 12.9. The molecule has 0 bridgehead atoms. The molecule has 2 aromatic heterocycles. The van der Waals surface area contributed by atoms with Crippen LogP contribution < -0.4 is 19.7 Å². The molecule has 1 aromatic carbocycles. The Morgan fingerprint density at radius 2 is 1.69 bits per heavy atom. The first-order valence-electron chi connectivity index (χ1n) is 8.78. The van der Waals surface area contributed by atoms with Gasteiger partial charge < -0.3 is 19.7 Å². The van der Waals surface area contributed by atoms with E-state index in [1.54, 1.807) is 18.6 Å². The van der Waals surface area contributed by atoms with Crippen molar-refractivity contribution >= 4 is 16.7 Å². The zero-order chi connectivity index (χ0) is 17.6. The zero-order valence-corrected chi connectivity index (χ0v) is 14.5. The average molecular weight is 351 g/mol. The second-order valence-electron chi connectivity index (χ2n) is 5.95. The number of hydrogen-bond donors (Lipinski definition) is 1. The van der Waals surface area contributed by atoms with Gasteiger partial charge in [0, 0.05) is 50.2 Å². The van der Waals surface area contributed by atoms with Crippen molar-refractivity contribution in [1.82, 2.24) is 20.3 Å². The van der Waals surface area contributed by atoms with Crippen LogP contribution in [0.25, 0.3) is 10.9 Å². The van der Waals surface area contributed by atoms with E-state index in [1.807, 2.05) is 30.3 Å². The Balaban J connectivity index is 1.38. The number of benzene rings is 1. The van der Waals surface area contributed by atoms with E-state index in [2.05, 4.69) is 25.2 Å². The molecule has 1 N–H and O–H groups in total. The molecular weight excluding hydrogens is 330 g/mol. The molecule has 1 aliphatic heterocycles. The van der Waals surface area contributed by atoms with Crippen LogP contribution >= 0.6 is 0 Å². The lowest BCUT2D eigenvalue weighted by Gasteiger charge is -2.28. The largest absolute Gasteiger partial charge is 0.488 e. The van der Waals surface area contributed by atoms with Crippen LogP contribution in [0.4, 0.5) is 5.82 Å². The van der Waals surface area contributed by atoms with Gasteiger partial charge in [-0.05, 0) is 12.1 Å². The van der Waals surface area contributed by atoms with Crippen LogP contribution in [0.1, 0.15) is 0 Å². The monoisotopic (exact) mass is 351 g/mol. The van der Waals surface area contributed by atoms with Gasteiger partial charge in [0.1, 0.15) is 24.5 Å². The molecule has 3 aromatic rings. The first-order valence-corrected chi connectivity index (χ1v) is 8.78. The third-order valence-electron chi connectivity index (χ3n) is 4.24. The number of para-hydroxylation sites is 1. The quantitative estimate of drug-likeness (QED) is 0.680. The number of fused-ring (bicyclic) bond motifs is 1. The van der Waals surface area contributed by atoms with Crippen LogP contribution in [0.2, 0.25) is 0 Å². The number of nitrogens with zero attached hydrogens (tertiary/aromatic N) is 4. The predicted molar refractivity (Wildman–Crippen MR) is 99.8 cm³/mol. The van der Waals surface area contributed by atoms with Crippen molar-refractivity contribution < 1.29 is 9.47 Å². The molecule has 26 heavy (non-hydrogen) atoms. The summed E-state index contributed by atoms with van der Waals surface area (Å²) >= 11 is 0. The fraction of sp³-hybridized carbons (Fsp3) is 0.316. The highest BCUT2D eigenvalue weighted by molar-refractivity contribution is 5.84. The molecule has 134 valence electrons. The molecule has 0 unspecified atom stereocenters. The predicted octanol–water partition coefficient (Wildman–Crippen LogP) is 1.89. The van der Waals surface area contributed by atoms with Crippen LogP contribution in [0.5, 0.6) is 11.6 Å². The number of rotatable bonds is 6. The number of hydrogen-bond acceptors (Lipinski definition) is 7. The van der Waals surface area contributed by atoms with Crippen molar-refractivity contribution in [3.8, 4) is 11.6 Å². The third-order valence-corrected chi connectivity index (χ3v) is 4.24. The summed E-state index contributed by atoms with van der Waals surface area (Å²) in [6, 6.07) is 9.84. The standard InChI is InChI=1S/C19H21N5O2/c1-3-15-4-2-6-21-17(15)16(5-1)25-13-14-26-19-18(22-7-8-23-19)24-11-9-20-10-12-24/h1-8,20H,9-14H2. The first kappa shape index (κ1) is 16.5. The summed E-state index contributed by atoms with van der Waals surface area (Å²) in [5.74, 6) is 2.10. The Morgan fingerprint density at radius 1 is 0.885 bits per heavy atom. The molecule has 7 nitrogen and oxygen atoms in total. The van der Waals surface area contributed by atoms with Gasteiger partial charge in [0.05, 0.1) is 0 Å². The Morgan fingerprint density at radius 3 is 2.62 bits per heavy atom. The molecule has 0 aliphatic carbocycles. The summed E-state index contributed by atoms with van der Waals surface area (Å²) in [6.45, 7) is 4.47. The van der Waals surface area contributed by atoms with Gasteiger partial charge in [0.25, 0.3) is 5.88 Å². The van der Waals surface area contributed by atoms with Crippen LogP contribution in [-0.4, -0.2) is 54.3 Å². The Bertz CT molecular complexity index is 862. The van der Waals surface area contributed by atoms with Crippen molar-refractivity contribution in [2.45, 2.75) is 0 Å². The molecule has 1 fully saturated rings. The minimum absolute atomic E-state index is 0.390. The summed E-state index contributed by atoms with van der Waals surface area (Å²) < 4.78 is 11.7. The van der Waals surface area contributed by atoms with Crippen molar-refractivity contribution in [3.05, 3.63) is 48.9 Å². The maximum atomic E-state index is 5.87. The number of anilines is 1. The Labute approximate surface area is 152 Å².